The van der Waals surface area contributed by atoms with Gasteiger partial charge in [-0.2, -0.15) is 10.4 Å². The number of nitrogens with two attached hydrogens (primary N) is 1. The summed E-state index contributed by atoms with van der Waals surface area (Å²) in [5, 5.41) is 17.6. The maximum atomic E-state index is 12.6. The van der Waals surface area contributed by atoms with E-state index >= 15 is 0 Å². The highest BCUT2D eigenvalue weighted by Crippen LogP contribution is 2.46. The number of allylic oxidation sites excluding steroid dienone is 1. The van der Waals surface area contributed by atoms with Crippen LogP contribution in [0.4, 0.5) is 5.69 Å². The molecule has 0 unspecified atom stereocenters. The Balaban J connectivity index is 1.43. The highest BCUT2D eigenvalue weighted by atomic mass is 16.5. The molecular formula is C31H29N5O4. The second kappa shape index (κ2) is 10.9. The van der Waals surface area contributed by atoms with Crippen LogP contribution in [0, 0.1) is 32.1 Å². The van der Waals surface area contributed by atoms with E-state index in [2.05, 4.69) is 11.4 Å². The number of aryl methyl sites for hydroxylation is 3. The molecule has 1 aliphatic rings. The van der Waals surface area contributed by atoms with E-state index in [1.165, 1.54) is 7.11 Å². The lowest BCUT2D eigenvalue weighted by Gasteiger charge is -2.25. The third-order valence-electron chi connectivity index (χ3n) is 6.90. The van der Waals surface area contributed by atoms with Crippen molar-refractivity contribution in [3.05, 3.63) is 106 Å². The monoisotopic (exact) mass is 535 g/mol. The van der Waals surface area contributed by atoms with E-state index in [0.29, 0.717) is 28.8 Å². The second-order valence-electron chi connectivity index (χ2n) is 9.52. The van der Waals surface area contributed by atoms with Crippen LogP contribution in [0.1, 0.15) is 33.9 Å². The predicted octanol–water partition coefficient (Wildman–Crippen LogP) is 5.04. The van der Waals surface area contributed by atoms with Gasteiger partial charge in [0.1, 0.15) is 11.6 Å². The lowest BCUT2D eigenvalue weighted by Crippen LogP contribution is -2.22. The van der Waals surface area contributed by atoms with Crippen LogP contribution in [-0.4, -0.2) is 29.4 Å². The summed E-state index contributed by atoms with van der Waals surface area (Å²) in [5.41, 5.74) is 12.4. The number of hydrogen-bond donors (Lipinski definition) is 2. The molecule has 4 aromatic rings. The minimum atomic E-state index is -0.540. The zero-order chi connectivity index (χ0) is 28.4. The molecule has 1 atom stereocenters. The standard InChI is InChI=1S/C31H29N5O4/c1-18-10-12-22(14-19(18)2)34-27(37)17-39-25-13-11-21(15-26(25)38-4)29-24(16-32)30(33)40-31-28(29)20(3)35-36(31)23-8-6-5-7-9-23/h5-15,29H,17,33H2,1-4H3,(H,34,37)/t29-/m1/s1. The molecule has 1 amide bonds. The summed E-state index contributed by atoms with van der Waals surface area (Å²) in [6, 6.07) is 22.8. The van der Waals surface area contributed by atoms with Crippen molar-refractivity contribution in [3.8, 4) is 29.1 Å². The van der Waals surface area contributed by atoms with Gasteiger partial charge in [-0.15, -0.1) is 0 Å². The first-order chi connectivity index (χ1) is 19.3. The van der Waals surface area contributed by atoms with Crippen LogP contribution in [0.3, 0.4) is 0 Å². The molecular weight excluding hydrogens is 506 g/mol. The predicted molar refractivity (Wildman–Crippen MR) is 151 cm³/mol. The van der Waals surface area contributed by atoms with Gasteiger partial charge in [0.05, 0.1) is 30.0 Å². The first kappa shape index (κ1) is 26.4. The van der Waals surface area contributed by atoms with Gasteiger partial charge in [0.2, 0.25) is 11.8 Å². The molecule has 2 heterocycles. The molecule has 202 valence electrons. The van der Waals surface area contributed by atoms with Gasteiger partial charge in [-0.3, -0.25) is 4.79 Å². The number of aromatic nitrogens is 2. The van der Waals surface area contributed by atoms with Gasteiger partial charge in [-0.05, 0) is 73.9 Å². The number of carbonyl (C=O) groups is 1. The highest BCUT2D eigenvalue weighted by Gasteiger charge is 2.36. The number of carbonyl (C=O) groups excluding carboxylic acids is 1. The van der Waals surface area contributed by atoms with Gasteiger partial charge in [0, 0.05) is 5.69 Å². The second-order valence-corrected chi connectivity index (χ2v) is 9.52. The maximum absolute atomic E-state index is 12.6. The largest absolute Gasteiger partial charge is 0.493 e. The molecule has 9 nitrogen and oxygen atoms in total. The zero-order valence-electron chi connectivity index (χ0n) is 22.7. The van der Waals surface area contributed by atoms with E-state index in [-0.39, 0.29) is 24.0 Å². The molecule has 5 rings (SSSR count). The first-order valence-electron chi connectivity index (χ1n) is 12.7. The summed E-state index contributed by atoms with van der Waals surface area (Å²) >= 11 is 0. The Hall–Kier alpha value is -5.23. The Morgan fingerprint density at radius 1 is 1.07 bits per heavy atom. The van der Waals surface area contributed by atoms with Crippen molar-refractivity contribution >= 4 is 11.6 Å². The quantitative estimate of drug-likeness (QED) is 0.340. The number of fused-ring (bicyclic) bond motifs is 1. The number of rotatable bonds is 7. The molecule has 0 spiro atoms. The fourth-order valence-corrected chi connectivity index (χ4v) is 4.73. The van der Waals surface area contributed by atoms with Crippen molar-refractivity contribution in [2.24, 2.45) is 5.73 Å². The molecule has 40 heavy (non-hydrogen) atoms. The third-order valence-corrected chi connectivity index (χ3v) is 6.90. The molecule has 0 aliphatic carbocycles. The van der Waals surface area contributed by atoms with E-state index in [1.807, 2.05) is 75.4 Å². The van der Waals surface area contributed by atoms with Gasteiger partial charge >= 0.3 is 0 Å². The Kier molecular flexibility index (Phi) is 7.17. The van der Waals surface area contributed by atoms with Crippen molar-refractivity contribution in [2.45, 2.75) is 26.7 Å². The van der Waals surface area contributed by atoms with E-state index in [9.17, 15) is 10.1 Å². The maximum Gasteiger partial charge on any atom is 0.262 e. The number of ether oxygens (including phenoxy) is 3. The highest BCUT2D eigenvalue weighted by molar-refractivity contribution is 5.92. The van der Waals surface area contributed by atoms with Crippen LogP contribution >= 0.6 is 0 Å². The molecule has 9 heteroatoms. The first-order valence-corrected chi connectivity index (χ1v) is 12.7. The smallest absolute Gasteiger partial charge is 0.262 e. The summed E-state index contributed by atoms with van der Waals surface area (Å²) in [4.78, 5) is 12.6. The van der Waals surface area contributed by atoms with E-state index in [4.69, 9.17) is 25.0 Å². The SMILES string of the molecule is COc1cc([C@@H]2C(C#N)=C(N)Oc3c2c(C)nn3-c2ccccc2)ccc1OCC(=O)Nc1ccc(C)c(C)c1. The van der Waals surface area contributed by atoms with Crippen molar-refractivity contribution in [1.82, 2.24) is 9.78 Å². The lowest BCUT2D eigenvalue weighted by atomic mass is 9.84. The Morgan fingerprint density at radius 3 is 2.55 bits per heavy atom. The topological polar surface area (TPSA) is 124 Å². The molecule has 0 bridgehead atoms. The Morgan fingerprint density at radius 2 is 1.85 bits per heavy atom. The number of amides is 1. The van der Waals surface area contributed by atoms with Crippen LogP contribution in [-0.2, 0) is 4.79 Å². The number of anilines is 1. The molecule has 0 fully saturated rings. The molecule has 3 aromatic carbocycles. The summed E-state index contributed by atoms with van der Waals surface area (Å²) in [7, 11) is 1.52. The molecule has 0 radical (unpaired) electrons. The summed E-state index contributed by atoms with van der Waals surface area (Å²) in [5.74, 6) is 0.429. The van der Waals surface area contributed by atoms with Crippen molar-refractivity contribution in [2.75, 3.05) is 19.0 Å². The van der Waals surface area contributed by atoms with Crippen molar-refractivity contribution in [1.29, 1.82) is 5.26 Å². The molecule has 0 saturated heterocycles. The summed E-state index contributed by atoms with van der Waals surface area (Å²) < 4.78 is 19.0. The van der Waals surface area contributed by atoms with Crippen LogP contribution in [0.15, 0.2) is 78.2 Å². The number of nitriles is 1. The van der Waals surface area contributed by atoms with Gasteiger partial charge in [0.25, 0.3) is 5.91 Å². The van der Waals surface area contributed by atoms with E-state index in [1.54, 1.807) is 16.8 Å². The summed E-state index contributed by atoms with van der Waals surface area (Å²) in [6.45, 7) is 5.67. The number of methoxy groups -OCH3 is 1. The van der Waals surface area contributed by atoms with Crippen LogP contribution in [0.5, 0.6) is 17.4 Å². The normalized spacial score (nSPS) is 14.1. The van der Waals surface area contributed by atoms with Gasteiger partial charge < -0.3 is 25.3 Å². The van der Waals surface area contributed by atoms with E-state index < -0.39 is 5.92 Å². The number of benzene rings is 3. The minimum Gasteiger partial charge on any atom is -0.493 e. The Bertz CT molecular complexity index is 1670. The Labute approximate surface area is 232 Å². The fraction of sp³-hybridized carbons (Fsp3) is 0.194. The third kappa shape index (κ3) is 4.95. The van der Waals surface area contributed by atoms with E-state index in [0.717, 1.165) is 27.9 Å². The van der Waals surface area contributed by atoms with Crippen molar-refractivity contribution in [3.63, 3.8) is 0 Å². The number of hydrogen-bond acceptors (Lipinski definition) is 7. The van der Waals surface area contributed by atoms with Gasteiger partial charge in [-0.25, -0.2) is 4.68 Å². The lowest BCUT2D eigenvalue weighted by molar-refractivity contribution is -0.118. The zero-order valence-corrected chi connectivity index (χ0v) is 22.7. The van der Waals surface area contributed by atoms with Gasteiger partial charge in [-0.1, -0.05) is 30.3 Å². The molecule has 0 saturated carbocycles. The van der Waals surface area contributed by atoms with Gasteiger partial charge in [0.15, 0.2) is 18.1 Å². The molecule has 3 N–H and O–H groups in total. The van der Waals surface area contributed by atoms with Crippen LogP contribution in [0.25, 0.3) is 5.69 Å². The average Bonchev–Trinajstić information content (AvgIpc) is 3.28. The molecule has 1 aromatic heterocycles. The molecule has 1 aliphatic heterocycles. The fourth-order valence-electron chi connectivity index (χ4n) is 4.73. The number of nitrogens with zero attached hydrogens (tertiary/aromatic N) is 3. The average molecular weight is 536 g/mol. The number of nitrogens with one attached hydrogen (secondary N) is 1. The summed E-state index contributed by atoms with van der Waals surface area (Å²) in [6.07, 6.45) is 0. The minimum absolute atomic E-state index is 0.0133. The van der Waals surface area contributed by atoms with Crippen LogP contribution in [0.2, 0.25) is 0 Å². The number of para-hydroxylation sites is 1. The van der Waals surface area contributed by atoms with Crippen molar-refractivity contribution < 1.29 is 19.0 Å². The van der Waals surface area contributed by atoms with Crippen LogP contribution < -0.4 is 25.3 Å².